The van der Waals surface area contributed by atoms with Crippen molar-refractivity contribution in [3.8, 4) is 0 Å². The van der Waals surface area contributed by atoms with Crippen LogP contribution in [0.1, 0.15) is 44.2 Å². The van der Waals surface area contributed by atoms with Crippen LogP contribution < -0.4 is 0 Å². The second-order valence-corrected chi connectivity index (χ2v) is 4.90. The highest BCUT2D eigenvalue weighted by molar-refractivity contribution is 9.10. The van der Waals surface area contributed by atoms with Crippen molar-refractivity contribution in [3.63, 3.8) is 0 Å². The molecule has 15 heavy (non-hydrogen) atoms. The van der Waals surface area contributed by atoms with E-state index in [1.54, 1.807) is 6.92 Å². The van der Waals surface area contributed by atoms with Crippen molar-refractivity contribution >= 4 is 21.7 Å². The Morgan fingerprint density at radius 2 is 2.13 bits per heavy atom. The highest BCUT2D eigenvalue weighted by Gasteiger charge is 2.08. The van der Waals surface area contributed by atoms with E-state index in [9.17, 15) is 4.79 Å². The molecule has 0 aromatic heterocycles. The predicted octanol–water partition coefficient (Wildman–Crippen LogP) is 4.09. The third-order valence-electron chi connectivity index (χ3n) is 2.66. The van der Waals surface area contributed by atoms with Gasteiger partial charge in [0.15, 0.2) is 0 Å². The maximum Gasteiger partial charge on any atom is 0.134 e. The summed E-state index contributed by atoms with van der Waals surface area (Å²) in [4.78, 5) is 11.0. The minimum absolute atomic E-state index is 0.207. The molecule has 1 nitrogen and oxygen atoms in total. The van der Waals surface area contributed by atoms with Gasteiger partial charge in [-0.05, 0) is 36.5 Å². The van der Waals surface area contributed by atoms with Gasteiger partial charge in [0.25, 0.3) is 0 Å². The van der Waals surface area contributed by atoms with Crippen molar-refractivity contribution in [2.24, 2.45) is 0 Å². The molecule has 1 rings (SSSR count). The maximum atomic E-state index is 11.0. The van der Waals surface area contributed by atoms with Gasteiger partial charge in [0.2, 0.25) is 0 Å². The van der Waals surface area contributed by atoms with Crippen LogP contribution in [0, 0.1) is 0 Å². The van der Waals surface area contributed by atoms with Crippen LogP contribution in [0.25, 0.3) is 0 Å². The molecule has 0 N–H and O–H groups in total. The minimum atomic E-state index is 0.207. The summed E-state index contributed by atoms with van der Waals surface area (Å²) in [6.07, 6.45) is 1.66. The molecule has 0 spiro atoms. The Morgan fingerprint density at radius 1 is 1.47 bits per heavy atom. The minimum Gasteiger partial charge on any atom is -0.300 e. The first-order valence-electron chi connectivity index (χ1n) is 5.32. The fourth-order valence-corrected chi connectivity index (χ4v) is 2.40. The summed E-state index contributed by atoms with van der Waals surface area (Å²) >= 11 is 3.57. The average molecular weight is 269 g/mol. The van der Waals surface area contributed by atoms with Gasteiger partial charge in [-0.3, -0.25) is 4.79 Å². The normalized spacial score (nSPS) is 12.5. The first-order chi connectivity index (χ1) is 7.04. The van der Waals surface area contributed by atoms with Crippen LogP contribution in [-0.2, 0) is 11.2 Å². The Kier molecular flexibility index (Phi) is 4.52. The molecule has 0 bridgehead atoms. The van der Waals surface area contributed by atoms with Gasteiger partial charge in [0.1, 0.15) is 5.78 Å². The molecule has 0 aliphatic heterocycles. The summed E-state index contributed by atoms with van der Waals surface area (Å²) in [7, 11) is 0. The fraction of sp³-hybridized carbons (Fsp3) is 0.462. The molecule has 0 saturated carbocycles. The molecule has 1 aromatic rings. The summed E-state index contributed by atoms with van der Waals surface area (Å²) in [6, 6.07) is 6.23. The number of halogens is 1. The molecule has 1 aromatic carbocycles. The van der Waals surface area contributed by atoms with Crippen LogP contribution in [0.15, 0.2) is 22.7 Å². The van der Waals surface area contributed by atoms with Crippen molar-refractivity contribution in [1.29, 1.82) is 0 Å². The summed E-state index contributed by atoms with van der Waals surface area (Å²) in [5.41, 5.74) is 2.41. The number of benzene rings is 1. The van der Waals surface area contributed by atoms with Gasteiger partial charge in [0.05, 0.1) is 0 Å². The number of carbonyl (C=O) groups excluding carboxylic acids is 1. The molecular weight excluding hydrogens is 252 g/mol. The lowest BCUT2D eigenvalue weighted by atomic mass is 9.97. The number of Topliss-reactive ketones (excluding diaryl/α,β-unsaturated/α-hetero) is 1. The molecule has 0 heterocycles. The predicted molar refractivity (Wildman–Crippen MR) is 67.2 cm³/mol. The molecule has 0 amide bonds. The summed E-state index contributed by atoms with van der Waals surface area (Å²) in [5.74, 6) is 0.768. The van der Waals surface area contributed by atoms with Gasteiger partial charge in [-0.2, -0.15) is 0 Å². The van der Waals surface area contributed by atoms with Crippen molar-refractivity contribution < 1.29 is 4.79 Å². The van der Waals surface area contributed by atoms with E-state index >= 15 is 0 Å². The standard InChI is InChI=1S/C13H17BrO/c1-4-9(2)12-6-5-11(7-10(3)15)8-13(12)14/h5-6,8-9H,4,7H2,1-3H3. The summed E-state index contributed by atoms with van der Waals surface area (Å²) in [6.45, 7) is 6.02. The van der Waals surface area contributed by atoms with E-state index in [-0.39, 0.29) is 5.78 Å². The third kappa shape index (κ3) is 3.45. The van der Waals surface area contributed by atoms with Crippen molar-refractivity contribution in [3.05, 3.63) is 33.8 Å². The van der Waals surface area contributed by atoms with E-state index in [1.807, 2.05) is 6.07 Å². The second-order valence-electron chi connectivity index (χ2n) is 4.04. The van der Waals surface area contributed by atoms with Gasteiger partial charge >= 0.3 is 0 Å². The van der Waals surface area contributed by atoms with Gasteiger partial charge in [-0.1, -0.05) is 41.9 Å². The van der Waals surface area contributed by atoms with Crippen LogP contribution in [0.5, 0.6) is 0 Å². The Morgan fingerprint density at radius 3 is 2.60 bits per heavy atom. The maximum absolute atomic E-state index is 11.0. The summed E-state index contributed by atoms with van der Waals surface area (Å²) < 4.78 is 1.12. The van der Waals surface area contributed by atoms with Crippen LogP contribution in [-0.4, -0.2) is 5.78 Å². The number of ketones is 1. The monoisotopic (exact) mass is 268 g/mol. The molecule has 0 radical (unpaired) electrons. The van der Waals surface area contributed by atoms with Crippen LogP contribution in [0.3, 0.4) is 0 Å². The first kappa shape index (κ1) is 12.4. The van der Waals surface area contributed by atoms with Gasteiger partial charge in [-0.25, -0.2) is 0 Å². The van der Waals surface area contributed by atoms with Gasteiger partial charge in [0, 0.05) is 10.9 Å². The Balaban J connectivity index is 2.92. The third-order valence-corrected chi connectivity index (χ3v) is 3.35. The van der Waals surface area contributed by atoms with E-state index < -0.39 is 0 Å². The SMILES string of the molecule is CCC(C)c1ccc(CC(C)=O)cc1Br. The number of hydrogen-bond acceptors (Lipinski definition) is 1. The zero-order valence-electron chi connectivity index (χ0n) is 9.51. The molecule has 0 aliphatic carbocycles. The molecule has 2 heteroatoms. The first-order valence-corrected chi connectivity index (χ1v) is 6.11. The molecular formula is C13H17BrO. The van der Waals surface area contributed by atoms with Crippen LogP contribution in [0.4, 0.5) is 0 Å². The van der Waals surface area contributed by atoms with Crippen molar-refractivity contribution in [1.82, 2.24) is 0 Å². The lowest BCUT2D eigenvalue weighted by Crippen LogP contribution is -1.98. The summed E-state index contributed by atoms with van der Waals surface area (Å²) in [5, 5.41) is 0. The molecule has 0 fully saturated rings. The van der Waals surface area contributed by atoms with Crippen LogP contribution >= 0.6 is 15.9 Å². The number of carbonyl (C=O) groups is 1. The highest BCUT2D eigenvalue weighted by Crippen LogP contribution is 2.28. The quantitative estimate of drug-likeness (QED) is 0.804. The van der Waals surface area contributed by atoms with Gasteiger partial charge in [-0.15, -0.1) is 0 Å². The fourth-order valence-electron chi connectivity index (χ4n) is 1.59. The Bertz CT molecular complexity index is 358. The second kappa shape index (κ2) is 5.45. The molecule has 82 valence electrons. The van der Waals surface area contributed by atoms with E-state index in [2.05, 4.69) is 41.9 Å². The molecule has 1 unspecified atom stereocenters. The van der Waals surface area contributed by atoms with E-state index in [0.29, 0.717) is 12.3 Å². The highest BCUT2D eigenvalue weighted by atomic mass is 79.9. The average Bonchev–Trinajstić information content (AvgIpc) is 2.16. The topological polar surface area (TPSA) is 17.1 Å². The lowest BCUT2D eigenvalue weighted by Gasteiger charge is -2.12. The smallest absolute Gasteiger partial charge is 0.134 e. The largest absolute Gasteiger partial charge is 0.300 e. The van der Waals surface area contributed by atoms with Gasteiger partial charge < -0.3 is 0 Å². The van der Waals surface area contributed by atoms with E-state index in [4.69, 9.17) is 0 Å². The lowest BCUT2D eigenvalue weighted by molar-refractivity contribution is -0.116. The molecule has 1 atom stereocenters. The van der Waals surface area contributed by atoms with E-state index in [1.165, 1.54) is 5.56 Å². The van der Waals surface area contributed by atoms with Crippen molar-refractivity contribution in [2.45, 2.75) is 39.5 Å². The number of rotatable bonds is 4. The van der Waals surface area contributed by atoms with Crippen molar-refractivity contribution in [2.75, 3.05) is 0 Å². The van der Waals surface area contributed by atoms with E-state index in [0.717, 1.165) is 16.5 Å². The molecule has 0 aliphatic rings. The molecule has 0 saturated heterocycles. The Hall–Kier alpha value is -0.630. The zero-order valence-corrected chi connectivity index (χ0v) is 11.1. The Labute approximate surface area is 100 Å². The zero-order chi connectivity index (χ0) is 11.4. The number of hydrogen-bond donors (Lipinski definition) is 0. The van der Waals surface area contributed by atoms with Crippen LogP contribution in [0.2, 0.25) is 0 Å².